The second kappa shape index (κ2) is 12.8. The summed E-state index contributed by atoms with van der Waals surface area (Å²) in [5.74, 6) is 0.439. The zero-order valence-corrected chi connectivity index (χ0v) is 20.9. The largest absolute Gasteiger partial charge is 0.354 e. The van der Waals surface area contributed by atoms with Crippen LogP contribution < -0.4 is 5.32 Å². The molecule has 5 heteroatoms. The smallest absolute Gasteiger partial charge is 0.230 e. The van der Waals surface area contributed by atoms with Gasteiger partial charge in [0.25, 0.3) is 0 Å². The van der Waals surface area contributed by atoms with Crippen LogP contribution in [0.1, 0.15) is 30.0 Å². The van der Waals surface area contributed by atoms with Crippen molar-refractivity contribution in [1.82, 2.24) is 10.2 Å². The Morgan fingerprint density at radius 3 is 1.72 bits per heavy atom. The van der Waals surface area contributed by atoms with Crippen LogP contribution in [0.2, 0.25) is 0 Å². The molecule has 1 N–H and O–H groups in total. The lowest BCUT2D eigenvalue weighted by molar-refractivity contribution is -0.118. The quantitative estimate of drug-likeness (QED) is 0.187. The topological polar surface area (TPSA) is 32.3 Å². The molecule has 3 nitrogen and oxygen atoms in total. The highest BCUT2D eigenvalue weighted by Gasteiger charge is 2.37. The highest BCUT2D eigenvalue weighted by atomic mass is 79.9. The van der Waals surface area contributed by atoms with Gasteiger partial charge in [-0.15, -0.1) is 11.8 Å². The number of rotatable bonds is 12. The van der Waals surface area contributed by atoms with Crippen molar-refractivity contribution in [3.05, 3.63) is 108 Å². The first-order valence-electron chi connectivity index (χ1n) is 11.1. The molecular formula is C27H31BrN2OS. The van der Waals surface area contributed by atoms with Gasteiger partial charge in [0.15, 0.2) is 0 Å². The second-order valence-corrected chi connectivity index (χ2v) is 9.35. The average molecular weight is 512 g/mol. The number of nitrogens with one attached hydrogen (secondary N) is 1. The number of hydrogen-bond acceptors (Lipinski definition) is 3. The SMILES string of the molecule is CCCN(CBr)CCNC(=O)CSC(c1ccccc1)(c1ccccc1)c1ccccc1. The summed E-state index contributed by atoms with van der Waals surface area (Å²) < 4.78 is -0.467. The summed E-state index contributed by atoms with van der Waals surface area (Å²) in [6.07, 6.45) is 1.10. The summed E-state index contributed by atoms with van der Waals surface area (Å²) in [4.78, 5) is 15.1. The highest BCUT2D eigenvalue weighted by Crippen LogP contribution is 2.48. The Hall–Kier alpha value is -2.08. The van der Waals surface area contributed by atoms with E-state index in [4.69, 9.17) is 0 Å². The molecule has 0 aliphatic heterocycles. The first-order valence-corrected chi connectivity index (χ1v) is 13.2. The van der Waals surface area contributed by atoms with Crippen molar-refractivity contribution in [1.29, 1.82) is 0 Å². The fourth-order valence-corrected chi connectivity index (χ4v) is 5.75. The number of amides is 1. The molecule has 0 saturated heterocycles. The van der Waals surface area contributed by atoms with Crippen LogP contribution in [-0.2, 0) is 9.54 Å². The van der Waals surface area contributed by atoms with Gasteiger partial charge in [-0.05, 0) is 29.7 Å². The third kappa shape index (κ3) is 6.25. The van der Waals surface area contributed by atoms with E-state index < -0.39 is 4.75 Å². The minimum atomic E-state index is -0.467. The summed E-state index contributed by atoms with van der Waals surface area (Å²) in [7, 11) is 0. The Bertz CT molecular complexity index is 841. The Morgan fingerprint density at radius 2 is 1.31 bits per heavy atom. The number of benzene rings is 3. The van der Waals surface area contributed by atoms with Gasteiger partial charge in [-0.3, -0.25) is 9.69 Å². The van der Waals surface area contributed by atoms with Crippen molar-refractivity contribution in [3.63, 3.8) is 0 Å². The maximum Gasteiger partial charge on any atom is 0.230 e. The molecule has 0 aliphatic rings. The summed E-state index contributed by atoms with van der Waals surface area (Å²) >= 11 is 5.20. The number of carbonyl (C=O) groups is 1. The molecule has 0 atom stereocenters. The van der Waals surface area contributed by atoms with Gasteiger partial charge in [0.05, 0.1) is 16.0 Å². The number of halogens is 1. The minimum absolute atomic E-state index is 0.0631. The van der Waals surface area contributed by atoms with E-state index in [1.54, 1.807) is 11.8 Å². The first-order chi connectivity index (χ1) is 15.7. The highest BCUT2D eigenvalue weighted by molar-refractivity contribution is 9.09. The van der Waals surface area contributed by atoms with E-state index in [1.165, 1.54) is 16.7 Å². The molecule has 0 saturated carbocycles. The van der Waals surface area contributed by atoms with Crippen LogP contribution in [0.4, 0.5) is 0 Å². The molecule has 3 rings (SSSR count). The zero-order chi connectivity index (χ0) is 22.7. The normalized spacial score (nSPS) is 11.5. The molecule has 0 unspecified atom stereocenters. The van der Waals surface area contributed by atoms with E-state index in [1.807, 2.05) is 18.2 Å². The van der Waals surface area contributed by atoms with Gasteiger partial charge in [-0.2, -0.15) is 0 Å². The zero-order valence-electron chi connectivity index (χ0n) is 18.5. The van der Waals surface area contributed by atoms with Crippen LogP contribution in [0, 0.1) is 0 Å². The van der Waals surface area contributed by atoms with Gasteiger partial charge < -0.3 is 5.32 Å². The maximum atomic E-state index is 12.8. The van der Waals surface area contributed by atoms with Crippen molar-refractivity contribution in [3.8, 4) is 0 Å². The summed E-state index contributed by atoms with van der Waals surface area (Å²) in [5, 5.41) is 3.11. The van der Waals surface area contributed by atoms with E-state index in [-0.39, 0.29) is 5.91 Å². The number of hydrogen-bond donors (Lipinski definition) is 1. The van der Waals surface area contributed by atoms with Gasteiger partial charge >= 0.3 is 0 Å². The number of thioether (sulfide) groups is 1. The molecule has 32 heavy (non-hydrogen) atoms. The molecule has 1 amide bonds. The monoisotopic (exact) mass is 510 g/mol. The van der Waals surface area contributed by atoms with Gasteiger partial charge in [0, 0.05) is 13.1 Å². The molecule has 0 bridgehead atoms. The summed E-state index contributed by atoms with van der Waals surface area (Å²) in [5.41, 5.74) is 4.33. The molecule has 0 aromatic heterocycles. The second-order valence-electron chi connectivity index (χ2n) is 7.66. The van der Waals surface area contributed by atoms with E-state index in [0.29, 0.717) is 12.3 Å². The van der Waals surface area contributed by atoms with Gasteiger partial charge in [-0.25, -0.2) is 0 Å². The Balaban J connectivity index is 1.85. The van der Waals surface area contributed by atoms with Crippen molar-refractivity contribution in [2.45, 2.75) is 18.1 Å². The first kappa shape index (κ1) is 24.6. The molecule has 0 fully saturated rings. The number of nitrogens with zero attached hydrogens (tertiary/aromatic N) is 1. The van der Waals surface area contributed by atoms with E-state index in [9.17, 15) is 4.79 Å². The molecule has 0 radical (unpaired) electrons. The molecule has 3 aromatic rings. The van der Waals surface area contributed by atoms with Crippen LogP contribution in [0.3, 0.4) is 0 Å². The van der Waals surface area contributed by atoms with Gasteiger partial charge in [0.1, 0.15) is 0 Å². The Kier molecular flexibility index (Phi) is 9.85. The van der Waals surface area contributed by atoms with Crippen molar-refractivity contribution >= 4 is 33.6 Å². The lowest BCUT2D eigenvalue weighted by atomic mass is 9.84. The van der Waals surface area contributed by atoms with E-state index in [0.717, 1.165) is 25.0 Å². The fraction of sp³-hybridized carbons (Fsp3) is 0.296. The maximum absolute atomic E-state index is 12.8. The van der Waals surface area contributed by atoms with Gasteiger partial charge in [-0.1, -0.05) is 114 Å². The van der Waals surface area contributed by atoms with E-state index in [2.05, 4.69) is 106 Å². The molecule has 0 aliphatic carbocycles. The molecule has 0 heterocycles. The third-order valence-electron chi connectivity index (χ3n) is 5.42. The van der Waals surface area contributed by atoms with Gasteiger partial charge in [0.2, 0.25) is 5.91 Å². The van der Waals surface area contributed by atoms with Crippen LogP contribution in [0.25, 0.3) is 0 Å². The van der Waals surface area contributed by atoms with Crippen molar-refractivity contribution < 1.29 is 4.79 Å². The fourth-order valence-electron chi connectivity index (χ4n) is 3.89. The number of alkyl halides is 1. The predicted molar refractivity (Wildman–Crippen MR) is 140 cm³/mol. The standard InChI is InChI=1S/C27H31BrN2OS/c1-2-19-30(22-28)20-18-29-26(31)21-32-27(23-12-6-3-7-13-23,24-14-8-4-9-15-24)25-16-10-5-11-17-25/h3-17H,2,18-22H2,1H3,(H,29,31). The van der Waals surface area contributed by atoms with Crippen LogP contribution in [0.5, 0.6) is 0 Å². The van der Waals surface area contributed by atoms with Crippen LogP contribution in [-0.4, -0.2) is 41.6 Å². The van der Waals surface area contributed by atoms with E-state index >= 15 is 0 Å². The third-order valence-corrected chi connectivity index (χ3v) is 7.68. The lowest BCUT2D eigenvalue weighted by Crippen LogP contribution is -2.36. The Morgan fingerprint density at radius 1 is 0.844 bits per heavy atom. The summed E-state index contributed by atoms with van der Waals surface area (Å²) in [6, 6.07) is 31.5. The Labute approximate surface area is 204 Å². The molecule has 168 valence electrons. The lowest BCUT2D eigenvalue weighted by Gasteiger charge is -2.35. The average Bonchev–Trinajstić information content (AvgIpc) is 2.86. The molecule has 3 aromatic carbocycles. The number of carbonyl (C=O) groups excluding carboxylic acids is 1. The summed E-state index contributed by atoms with van der Waals surface area (Å²) in [6.45, 7) is 4.69. The molecule has 0 spiro atoms. The van der Waals surface area contributed by atoms with Crippen LogP contribution in [0.15, 0.2) is 91.0 Å². The molecular weight excluding hydrogens is 480 g/mol. The van der Waals surface area contributed by atoms with Crippen molar-refractivity contribution in [2.24, 2.45) is 0 Å². The van der Waals surface area contributed by atoms with Crippen LogP contribution >= 0.6 is 27.7 Å². The van der Waals surface area contributed by atoms with Crippen molar-refractivity contribution in [2.75, 3.05) is 30.8 Å². The minimum Gasteiger partial charge on any atom is -0.354 e. The predicted octanol–water partition coefficient (Wildman–Crippen LogP) is 5.89.